The van der Waals surface area contributed by atoms with Crippen LogP contribution < -0.4 is 14.8 Å². The highest BCUT2D eigenvalue weighted by Crippen LogP contribution is 2.31. The van der Waals surface area contributed by atoms with E-state index in [1.54, 1.807) is 36.4 Å². The van der Waals surface area contributed by atoms with Gasteiger partial charge >= 0.3 is 0 Å². The Morgan fingerprint density at radius 1 is 1.00 bits per heavy atom. The van der Waals surface area contributed by atoms with Crippen molar-refractivity contribution in [3.8, 4) is 11.5 Å². The zero-order valence-electron chi connectivity index (χ0n) is 15.3. The van der Waals surface area contributed by atoms with Crippen molar-refractivity contribution >= 4 is 21.6 Å². The molecular weight excluding hydrogens is 380 g/mol. The number of nitrogens with one attached hydrogen (secondary N) is 1. The lowest BCUT2D eigenvalue weighted by atomic mass is 10.2. The molecule has 1 saturated heterocycles. The summed E-state index contributed by atoms with van der Waals surface area (Å²) in [5, 5.41) is 2.73. The van der Waals surface area contributed by atoms with E-state index in [0.717, 1.165) is 19.3 Å². The third-order valence-electron chi connectivity index (χ3n) is 4.86. The van der Waals surface area contributed by atoms with E-state index < -0.39 is 16.1 Å². The topological polar surface area (TPSA) is 84.9 Å². The summed E-state index contributed by atoms with van der Waals surface area (Å²) in [5.74, 6) is 0.721. The van der Waals surface area contributed by atoms with Crippen LogP contribution in [0.25, 0.3) is 0 Å². The molecule has 0 aliphatic carbocycles. The lowest BCUT2D eigenvalue weighted by Crippen LogP contribution is -2.40. The highest BCUT2D eigenvalue weighted by molar-refractivity contribution is 7.89. The first-order valence-corrected chi connectivity index (χ1v) is 10.8. The van der Waals surface area contributed by atoms with Crippen LogP contribution in [0.15, 0.2) is 53.4 Å². The summed E-state index contributed by atoms with van der Waals surface area (Å²) in [6.07, 6.45) is 1.98. The molecule has 7 nitrogen and oxygen atoms in total. The van der Waals surface area contributed by atoms with Gasteiger partial charge in [-0.05, 0) is 43.2 Å². The minimum absolute atomic E-state index is 0.0919. The molecule has 0 saturated carbocycles. The van der Waals surface area contributed by atoms with Gasteiger partial charge in [0, 0.05) is 18.8 Å². The van der Waals surface area contributed by atoms with Gasteiger partial charge in [0.25, 0.3) is 5.91 Å². The number of benzene rings is 2. The summed E-state index contributed by atoms with van der Waals surface area (Å²) in [7, 11) is -3.56. The van der Waals surface area contributed by atoms with E-state index in [-0.39, 0.29) is 17.4 Å². The number of carbonyl (C=O) groups is 1. The van der Waals surface area contributed by atoms with E-state index in [0.29, 0.717) is 30.3 Å². The normalized spacial score (nSPS) is 19.8. The van der Waals surface area contributed by atoms with E-state index in [4.69, 9.17) is 9.47 Å². The van der Waals surface area contributed by atoms with Crippen LogP contribution in [0.3, 0.4) is 0 Å². The van der Waals surface area contributed by atoms with Crippen LogP contribution >= 0.6 is 0 Å². The maximum atomic E-state index is 12.8. The van der Waals surface area contributed by atoms with E-state index in [2.05, 4.69) is 5.32 Å². The molecule has 1 atom stereocenters. The van der Waals surface area contributed by atoms with Crippen molar-refractivity contribution in [1.29, 1.82) is 0 Å². The molecule has 2 aromatic carbocycles. The summed E-state index contributed by atoms with van der Waals surface area (Å²) >= 11 is 0. The minimum atomic E-state index is -3.56. The Kier molecular flexibility index (Phi) is 5.23. The van der Waals surface area contributed by atoms with Gasteiger partial charge in [-0.1, -0.05) is 24.6 Å². The van der Waals surface area contributed by atoms with Crippen molar-refractivity contribution in [2.75, 3.05) is 25.0 Å². The molecule has 2 heterocycles. The summed E-state index contributed by atoms with van der Waals surface area (Å²) in [5.41, 5.74) is 0.408. The van der Waals surface area contributed by atoms with Crippen LogP contribution in [0.4, 0.5) is 5.69 Å². The molecule has 1 N–H and O–H groups in total. The predicted octanol–water partition coefficient (Wildman–Crippen LogP) is 2.64. The van der Waals surface area contributed by atoms with Gasteiger partial charge < -0.3 is 14.8 Å². The van der Waals surface area contributed by atoms with Crippen LogP contribution in [0, 0.1) is 0 Å². The number of anilines is 1. The Hall–Kier alpha value is -2.58. The SMILES string of the molecule is O=C(Nc1cccc(S(=O)(=O)N2CCCCC2)c1)[C@@H]1COc2ccccc2O1. The first kappa shape index (κ1) is 18.8. The summed E-state index contributed by atoms with van der Waals surface area (Å²) in [6, 6.07) is 13.5. The second kappa shape index (κ2) is 7.81. The lowest BCUT2D eigenvalue weighted by molar-refractivity contribution is -0.125. The quantitative estimate of drug-likeness (QED) is 0.850. The molecule has 1 amide bonds. The molecular formula is C20H22N2O5S. The van der Waals surface area contributed by atoms with E-state index >= 15 is 0 Å². The number of fused-ring (bicyclic) bond motifs is 1. The average molecular weight is 402 g/mol. The number of hydrogen-bond donors (Lipinski definition) is 1. The predicted molar refractivity (Wildman–Crippen MR) is 104 cm³/mol. The number of amides is 1. The second-order valence-electron chi connectivity index (χ2n) is 6.85. The highest BCUT2D eigenvalue weighted by atomic mass is 32.2. The highest BCUT2D eigenvalue weighted by Gasteiger charge is 2.29. The Bertz CT molecular complexity index is 970. The molecule has 0 spiro atoms. The molecule has 8 heteroatoms. The molecule has 4 rings (SSSR count). The number of ether oxygens (including phenoxy) is 2. The third kappa shape index (κ3) is 3.83. The average Bonchev–Trinajstić information content (AvgIpc) is 2.74. The van der Waals surface area contributed by atoms with Gasteiger partial charge in [-0.3, -0.25) is 4.79 Å². The number of sulfonamides is 1. The fourth-order valence-corrected chi connectivity index (χ4v) is 4.92. The van der Waals surface area contributed by atoms with Crippen molar-refractivity contribution in [3.63, 3.8) is 0 Å². The van der Waals surface area contributed by atoms with E-state index in [1.807, 2.05) is 6.07 Å². The monoisotopic (exact) mass is 402 g/mol. The molecule has 1 fully saturated rings. The van der Waals surface area contributed by atoms with Gasteiger partial charge in [0.2, 0.25) is 16.1 Å². The molecule has 0 unspecified atom stereocenters. The Labute approximate surface area is 164 Å². The molecule has 2 aliphatic rings. The van der Waals surface area contributed by atoms with Gasteiger partial charge in [-0.25, -0.2) is 8.42 Å². The fourth-order valence-electron chi connectivity index (χ4n) is 3.36. The zero-order valence-corrected chi connectivity index (χ0v) is 16.2. The van der Waals surface area contributed by atoms with Crippen LogP contribution in [0.5, 0.6) is 11.5 Å². The Morgan fingerprint density at radius 3 is 2.54 bits per heavy atom. The third-order valence-corrected chi connectivity index (χ3v) is 6.75. The van der Waals surface area contributed by atoms with Gasteiger partial charge in [0.15, 0.2) is 11.5 Å². The molecule has 0 aromatic heterocycles. The molecule has 0 bridgehead atoms. The van der Waals surface area contributed by atoms with Crippen LogP contribution in [-0.2, 0) is 14.8 Å². The van der Waals surface area contributed by atoms with E-state index in [1.165, 1.54) is 10.4 Å². The molecule has 2 aromatic rings. The van der Waals surface area contributed by atoms with Crippen LogP contribution in [0.2, 0.25) is 0 Å². The number of piperidine rings is 1. The Morgan fingerprint density at radius 2 is 1.75 bits per heavy atom. The number of para-hydroxylation sites is 2. The minimum Gasteiger partial charge on any atom is -0.485 e. The van der Waals surface area contributed by atoms with Crippen molar-refractivity contribution in [2.45, 2.75) is 30.3 Å². The van der Waals surface area contributed by atoms with Gasteiger partial charge in [-0.2, -0.15) is 4.31 Å². The largest absolute Gasteiger partial charge is 0.485 e. The molecule has 0 radical (unpaired) electrons. The van der Waals surface area contributed by atoms with Crippen LogP contribution in [-0.4, -0.2) is 44.4 Å². The molecule has 148 valence electrons. The first-order valence-electron chi connectivity index (χ1n) is 9.33. The number of rotatable bonds is 4. The molecule has 2 aliphatic heterocycles. The number of nitrogens with zero attached hydrogens (tertiary/aromatic N) is 1. The van der Waals surface area contributed by atoms with Crippen molar-refractivity contribution < 1.29 is 22.7 Å². The van der Waals surface area contributed by atoms with E-state index in [9.17, 15) is 13.2 Å². The Balaban J connectivity index is 1.47. The van der Waals surface area contributed by atoms with Crippen molar-refractivity contribution in [2.24, 2.45) is 0 Å². The first-order chi connectivity index (χ1) is 13.5. The lowest BCUT2D eigenvalue weighted by Gasteiger charge is -2.26. The summed E-state index contributed by atoms with van der Waals surface area (Å²) < 4.78 is 38.4. The van der Waals surface area contributed by atoms with Gasteiger partial charge in [0.1, 0.15) is 6.61 Å². The second-order valence-corrected chi connectivity index (χ2v) is 8.78. The maximum absolute atomic E-state index is 12.8. The smallest absolute Gasteiger partial charge is 0.269 e. The van der Waals surface area contributed by atoms with Crippen molar-refractivity contribution in [1.82, 2.24) is 4.31 Å². The zero-order chi connectivity index (χ0) is 19.6. The maximum Gasteiger partial charge on any atom is 0.269 e. The summed E-state index contributed by atoms with van der Waals surface area (Å²) in [6.45, 7) is 1.16. The van der Waals surface area contributed by atoms with Gasteiger partial charge in [0.05, 0.1) is 4.90 Å². The number of hydrogen-bond acceptors (Lipinski definition) is 5. The van der Waals surface area contributed by atoms with Crippen molar-refractivity contribution in [3.05, 3.63) is 48.5 Å². The van der Waals surface area contributed by atoms with Crippen LogP contribution in [0.1, 0.15) is 19.3 Å². The number of carbonyl (C=O) groups excluding carboxylic acids is 1. The standard InChI is InChI=1S/C20H22N2O5S/c23-20(19-14-26-17-9-2-3-10-18(17)27-19)21-15-7-6-8-16(13-15)28(24,25)22-11-4-1-5-12-22/h2-3,6-10,13,19H,1,4-5,11-12,14H2,(H,21,23)/t19-/m0/s1. The molecule has 28 heavy (non-hydrogen) atoms. The van der Waals surface area contributed by atoms with Gasteiger partial charge in [-0.15, -0.1) is 0 Å². The fraction of sp³-hybridized carbons (Fsp3) is 0.350. The summed E-state index contributed by atoms with van der Waals surface area (Å²) in [4.78, 5) is 12.7.